The van der Waals surface area contributed by atoms with E-state index in [1.807, 2.05) is 30.3 Å². The third-order valence-corrected chi connectivity index (χ3v) is 5.54. The van der Waals surface area contributed by atoms with E-state index in [2.05, 4.69) is 30.1 Å². The highest BCUT2D eigenvalue weighted by Crippen LogP contribution is 2.37. The summed E-state index contributed by atoms with van der Waals surface area (Å²) in [7, 11) is 0. The maximum atomic E-state index is 6.58. The van der Waals surface area contributed by atoms with Gasteiger partial charge in [0.25, 0.3) is 0 Å². The third-order valence-electron chi connectivity index (χ3n) is 5.24. The van der Waals surface area contributed by atoms with Crippen molar-refractivity contribution in [2.75, 3.05) is 31.6 Å². The Hall–Kier alpha value is -2.04. The van der Waals surface area contributed by atoms with Gasteiger partial charge in [0, 0.05) is 29.4 Å². The maximum absolute atomic E-state index is 6.58. The van der Waals surface area contributed by atoms with E-state index in [0.717, 1.165) is 40.5 Å². The summed E-state index contributed by atoms with van der Waals surface area (Å²) in [6.07, 6.45) is 3.66. The maximum Gasteiger partial charge on any atom is 0.140 e. The summed E-state index contributed by atoms with van der Waals surface area (Å²) in [5.74, 6) is 0.717. The lowest BCUT2D eigenvalue weighted by Crippen LogP contribution is -2.21. The van der Waals surface area contributed by atoms with E-state index >= 15 is 0 Å². The number of likely N-dealkylation sites (tertiary alicyclic amines) is 1. The molecule has 0 radical (unpaired) electrons. The first-order chi connectivity index (χ1) is 13.6. The van der Waals surface area contributed by atoms with E-state index in [-0.39, 0.29) is 0 Å². The van der Waals surface area contributed by atoms with E-state index in [4.69, 9.17) is 21.3 Å². The molecular formula is C23H28ClN3O. The van der Waals surface area contributed by atoms with Crippen LogP contribution in [0.25, 0.3) is 21.8 Å². The molecule has 1 aliphatic heterocycles. The van der Waals surface area contributed by atoms with Gasteiger partial charge in [-0.1, -0.05) is 29.8 Å². The molecule has 0 aliphatic carbocycles. The lowest BCUT2D eigenvalue weighted by Gasteiger charge is -2.17. The lowest BCUT2D eigenvalue weighted by molar-refractivity contribution is 0.263. The molecule has 5 heteroatoms. The Labute approximate surface area is 171 Å². The summed E-state index contributed by atoms with van der Waals surface area (Å²) in [6.45, 7) is 8.49. The van der Waals surface area contributed by atoms with Crippen molar-refractivity contribution >= 4 is 39.1 Å². The van der Waals surface area contributed by atoms with Gasteiger partial charge in [0.1, 0.15) is 5.75 Å². The number of nitrogens with one attached hydrogen (secondary N) is 1. The predicted molar refractivity (Wildman–Crippen MR) is 119 cm³/mol. The highest BCUT2D eigenvalue weighted by molar-refractivity contribution is 6.33. The summed E-state index contributed by atoms with van der Waals surface area (Å²) in [4.78, 5) is 7.35. The Balaban J connectivity index is 1.60. The molecule has 0 saturated carbocycles. The molecule has 28 heavy (non-hydrogen) atoms. The average Bonchev–Trinajstić information content (AvgIpc) is 3.19. The summed E-state index contributed by atoms with van der Waals surface area (Å²) in [5.41, 5.74) is 2.96. The summed E-state index contributed by atoms with van der Waals surface area (Å²) >= 11 is 6.58. The second-order valence-corrected chi connectivity index (χ2v) is 8.26. The Morgan fingerprint density at radius 2 is 1.89 bits per heavy atom. The van der Waals surface area contributed by atoms with Crippen molar-refractivity contribution < 1.29 is 4.74 Å². The van der Waals surface area contributed by atoms with E-state index in [1.165, 1.54) is 25.9 Å². The van der Waals surface area contributed by atoms with Gasteiger partial charge in [-0.3, -0.25) is 0 Å². The number of para-hydroxylation sites is 1. The first kappa shape index (κ1) is 19.3. The van der Waals surface area contributed by atoms with Crippen LogP contribution in [0.5, 0.6) is 5.75 Å². The minimum Gasteiger partial charge on any atom is -0.492 e. The van der Waals surface area contributed by atoms with Crippen molar-refractivity contribution in [2.45, 2.75) is 39.2 Å². The number of pyridine rings is 1. The van der Waals surface area contributed by atoms with Gasteiger partial charge in [0.05, 0.1) is 28.4 Å². The Bertz CT molecular complexity index is 967. The molecule has 4 nitrogen and oxygen atoms in total. The minimum atomic E-state index is 0.314. The number of aromatic nitrogens is 1. The Morgan fingerprint density at radius 3 is 2.68 bits per heavy atom. The van der Waals surface area contributed by atoms with Crippen LogP contribution in [-0.4, -0.2) is 42.2 Å². The van der Waals surface area contributed by atoms with Gasteiger partial charge in [0.15, 0.2) is 0 Å². The number of halogens is 1. The largest absolute Gasteiger partial charge is 0.492 e. The van der Waals surface area contributed by atoms with Crippen LogP contribution in [-0.2, 0) is 0 Å². The smallest absolute Gasteiger partial charge is 0.140 e. The third kappa shape index (κ3) is 4.18. The number of hydrogen-bond acceptors (Lipinski definition) is 4. The molecule has 1 N–H and O–H groups in total. The number of hydrogen-bond donors (Lipinski definition) is 1. The molecule has 0 amide bonds. The number of ether oxygens (including phenoxy) is 1. The highest BCUT2D eigenvalue weighted by atomic mass is 35.5. The molecule has 0 spiro atoms. The lowest BCUT2D eigenvalue weighted by atomic mass is 10.1. The first-order valence-corrected chi connectivity index (χ1v) is 10.6. The number of rotatable bonds is 7. The van der Waals surface area contributed by atoms with Gasteiger partial charge in [-0.2, -0.15) is 0 Å². The van der Waals surface area contributed by atoms with Crippen LogP contribution in [0, 0.1) is 0 Å². The van der Waals surface area contributed by atoms with Crippen molar-refractivity contribution in [3.63, 3.8) is 0 Å². The molecule has 4 rings (SSSR count). The predicted octanol–water partition coefficient (Wildman–Crippen LogP) is 5.73. The molecule has 0 bridgehead atoms. The average molecular weight is 398 g/mol. The van der Waals surface area contributed by atoms with Crippen LogP contribution in [0.4, 0.5) is 5.69 Å². The topological polar surface area (TPSA) is 37.4 Å². The standard InChI is InChI=1S/C23H28ClN3O/c1-16(2)25-23-17-8-3-4-9-20(17)26-21-15-22(19(24)14-18(21)23)28-13-7-12-27-10-5-6-11-27/h3-4,8-9,14-16H,5-7,10-13H2,1-2H3,(H,25,26). The van der Waals surface area contributed by atoms with Crippen molar-refractivity contribution in [3.8, 4) is 5.75 Å². The van der Waals surface area contributed by atoms with E-state index in [0.29, 0.717) is 23.4 Å². The number of nitrogens with zero attached hydrogens (tertiary/aromatic N) is 2. The van der Waals surface area contributed by atoms with Crippen molar-refractivity contribution in [2.24, 2.45) is 0 Å². The van der Waals surface area contributed by atoms with Gasteiger partial charge in [0.2, 0.25) is 0 Å². The molecule has 1 fully saturated rings. The van der Waals surface area contributed by atoms with E-state index in [9.17, 15) is 0 Å². The molecular weight excluding hydrogens is 370 g/mol. The van der Waals surface area contributed by atoms with E-state index < -0.39 is 0 Å². The number of anilines is 1. The van der Waals surface area contributed by atoms with Gasteiger partial charge >= 0.3 is 0 Å². The molecule has 0 atom stereocenters. The molecule has 2 heterocycles. The Morgan fingerprint density at radius 1 is 1.11 bits per heavy atom. The number of fused-ring (bicyclic) bond motifs is 2. The number of benzene rings is 2. The fourth-order valence-corrected chi connectivity index (χ4v) is 4.14. The highest BCUT2D eigenvalue weighted by Gasteiger charge is 2.14. The molecule has 3 aromatic rings. The van der Waals surface area contributed by atoms with Crippen molar-refractivity contribution in [3.05, 3.63) is 41.4 Å². The van der Waals surface area contributed by atoms with Crippen LogP contribution in [0.15, 0.2) is 36.4 Å². The molecule has 148 valence electrons. The van der Waals surface area contributed by atoms with Crippen LogP contribution in [0.1, 0.15) is 33.1 Å². The molecule has 1 aliphatic rings. The summed E-state index contributed by atoms with van der Waals surface area (Å²) < 4.78 is 6.02. The summed E-state index contributed by atoms with van der Waals surface area (Å²) in [6, 6.07) is 12.5. The van der Waals surface area contributed by atoms with Crippen molar-refractivity contribution in [1.82, 2.24) is 9.88 Å². The van der Waals surface area contributed by atoms with Crippen LogP contribution >= 0.6 is 11.6 Å². The van der Waals surface area contributed by atoms with Gasteiger partial charge in [-0.05, 0) is 58.3 Å². The monoisotopic (exact) mass is 397 g/mol. The van der Waals surface area contributed by atoms with Gasteiger partial charge in [-0.25, -0.2) is 4.98 Å². The van der Waals surface area contributed by atoms with Crippen LogP contribution in [0.3, 0.4) is 0 Å². The fourth-order valence-electron chi connectivity index (χ4n) is 3.92. The Kier molecular flexibility index (Phi) is 5.88. The SMILES string of the molecule is CC(C)Nc1c2ccccc2nc2cc(OCCCN3CCCC3)c(Cl)cc12. The van der Waals surface area contributed by atoms with Crippen molar-refractivity contribution in [1.29, 1.82) is 0 Å². The zero-order valence-corrected chi connectivity index (χ0v) is 17.4. The first-order valence-electron chi connectivity index (χ1n) is 10.3. The minimum absolute atomic E-state index is 0.314. The zero-order valence-electron chi connectivity index (χ0n) is 16.7. The second kappa shape index (κ2) is 8.54. The fraction of sp³-hybridized carbons (Fsp3) is 0.435. The normalized spacial score (nSPS) is 15.0. The molecule has 1 aromatic heterocycles. The zero-order chi connectivity index (χ0) is 19.5. The molecule has 0 unspecified atom stereocenters. The second-order valence-electron chi connectivity index (χ2n) is 7.85. The van der Waals surface area contributed by atoms with E-state index in [1.54, 1.807) is 0 Å². The molecule has 1 saturated heterocycles. The quantitative estimate of drug-likeness (QED) is 0.408. The molecule has 2 aromatic carbocycles. The van der Waals surface area contributed by atoms with Gasteiger partial charge in [-0.15, -0.1) is 0 Å². The van der Waals surface area contributed by atoms with Crippen LogP contribution < -0.4 is 10.1 Å². The summed E-state index contributed by atoms with van der Waals surface area (Å²) in [5, 5.41) is 6.35. The van der Waals surface area contributed by atoms with Gasteiger partial charge < -0.3 is 15.0 Å². The van der Waals surface area contributed by atoms with Crippen LogP contribution in [0.2, 0.25) is 5.02 Å².